The lowest BCUT2D eigenvalue weighted by atomic mass is 9.97. The van der Waals surface area contributed by atoms with Gasteiger partial charge in [0, 0.05) is 18.3 Å². The van der Waals surface area contributed by atoms with Crippen molar-refractivity contribution in [2.75, 3.05) is 0 Å². The molecule has 0 saturated carbocycles. The average molecular weight is 296 g/mol. The third-order valence-corrected chi connectivity index (χ3v) is 4.20. The van der Waals surface area contributed by atoms with Crippen LogP contribution in [0.25, 0.3) is 0 Å². The molecular formula is C15H15F3N2O. The van der Waals surface area contributed by atoms with E-state index in [9.17, 15) is 18.0 Å². The zero-order chi connectivity index (χ0) is 15.2. The fraction of sp³-hybridized carbons (Fsp3) is 0.467. The molecule has 2 aliphatic rings. The number of pyridine rings is 1. The van der Waals surface area contributed by atoms with E-state index in [1.54, 1.807) is 4.90 Å². The number of amides is 1. The summed E-state index contributed by atoms with van der Waals surface area (Å²) in [4.78, 5) is 17.7. The molecule has 1 amide bonds. The first-order chi connectivity index (χ1) is 9.86. The molecule has 3 heterocycles. The van der Waals surface area contributed by atoms with E-state index < -0.39 is 11.9 Å². The Labute approximate surface area is 120 Å². The van der Waals surface area contributed by atoms with Crippen molar-refractivity contribution in [1.82, 2.24) is 9.88 Å². The van der Waals surface area contributed by atoms with Crippen molar-refractivity contribution in [1.29, 1.82) is 0 Å². The molecule has 0 aromatic carbocycles. The molecule has 0 aliphatic carbocycles. The van der Waals surface area contributed by atoms with Gasteiger partial charge in [0.05, 0.1) is 5.56 Å². The molecule has 1 aromatic rings. The van der Waals surface area contributed by atoms with Gasteiger partial charge in [-0.2, -0.15) is 13.2 Å². The molecule has 2 unspecified atom stereocenters. The monoisotopic (exact) mass is 296 g/mol. The van der Waals surface area contributed by atoms with Crippen LogP contribution in [0.15, 0.2) is 30.5 Å². The Bertz CT molecular complexity index is 564. The van der Waals surface area contributed by atoms with E-state index in [1.807, 2.05) is 0 Å². The molecular weight excluding hydrogens is 281 g/mol. The molecule has 1 aromatic heterocycles. The van der Waals surface area contributed by atoms with Crippen molar-refractivity contribution in [3.05, 3.63) is 41.7 Å². The molecule has 2 bridgehead atoms. The van der Waals surface area contributed by atoms with E-state index in [4.69, 9.17) is 0 Å². The minimum absolute atomic E-state index is 0.131. The van der Waals surface area contributed by atoms with Crippen molar-refractivity contribution in [2.45, 2.75) is 43.9 Å². The Morgan fingerprint density at radius 2 is 1.86 bits per heavy atom. The molecule has 6 heteroatoms. The van der Waals surface area contributed by atoms with Gasteiger partial charge in [0.2, 0.25) is 0 Å². The highest BCUT2D eigenvalue weighted by atomic mass is 19.4. The molecule has 2 atom stereocenters. The summed E-state index contributed by atoms with van der Waals surface area (Å²) in [5, 5.41) is 0. The maximum atomic E-state index is 12.5. The Morgan fingerprint density at radius 1 is 1.24 bits per heavy atom. The molecule has 0 radical (unpaired) electrons. The third-order valence-electron chi connectivity index (χ3n) is 4.20. The van der Waals surface area contributed by atoms with Gasteiger partial charge in [-0.25, -0.2) is 0 Å². The second-order valence-corrected chi connectivity index (χ2v) is 5.69. The van der Waals surface area contributed by atoms with Crippen molar-refractivity contribution >= 4 is 5.91 Å². The zero-order valence-corrected chi connectivity index (χ0v) is 11.4. The first kappa shape index (κ1) is 14.1. The topological polar surface area (TPSA) is 33.2 Å². The number of fused-ring (bicyclic) bond motifs is 2. The van der Waals surface area contributed by atoms with Gasteiger partial charge in [-0.15, -0.1) is 0 Å². The standard InChI is InChI=1S/C15H15F3N2O/c1-9-6-11-3-4-12(7-9)20(11)14(21)10-2-5-13(19-8-10)15(16,17)18/h2,5,8,11-12H,1,3-4,6-7H2. The van der Waals surface area contributed by atoms with Crippen LogP contribution in [0.2, 0.25) is 0 Å². The lowest BCUT2D eigenvalue weighted by Gasteiger charge is -2.36. The third kappa shape index (κ3) is 2.54. The Morgan fingerprint density at radius 3 is 2.33 bits per heavy atom. The van der Waals surface area contributed by atoms with Gasteiger partial charge in [-0.1, -0.05) is 12.2 Å². The highest BCUT2D eigenvalue weighted by Gasteiger charge is 2.41. The van der Waals surface area contributed by atoms with Gasteiger partial charge in [-0.05, 0) is 37.8 Å². The van der Waals surface area contributed by atoms with Crippen LogP contribution in [0.3, 0.4) is 0 Å². The van der Waals surface area contributed by atoms with Crippen LogP contribution in [-0.4, -0.2) is 27.9 Å². The Hall–Kier alpha value is -1.85. The normalized spacial score (nSPS) is 25.3. The summed E-state index contributed by atoms with van der Waals surface area (Å²) < 4.78 is 37.5. The van der Waals surface area contributed by atoms with E-state index in [2.05, 4.69) is 11.6 Å². The van der Waals surface area contributed by atoms with Crippen molar-refractivity contribution in [3.63, 3.8) is 0 Å². The average Bonchev–Trinajstić information content (AvgIpc) is 2.69. The summed E-state index contributed by atoms with van der Waals surface area (Å²) >= 11 is 0. The summed E-state index contributed by atoms with van der Waals surface area (Å²) in [6.07, 6.45) is -0.0168. The predicted molar refractivity (Wildman–Crippen MR) is 70.6 cm³/mol. The molecule has 0 N–H and O–H groups in total. The summed E-state index contributed by atoms with van der Waals surface area (Å²) in [6.45, 7) is 3.98. The summed E-state index contributed by atoms with van der Waals surface area (Å²) in [7, 11) is 0. The molecule has 2 fully saturated rings. The van der Waals surface area contributed by atoms with Crippen LogP contribution in [-0.2, 0) is 6.18 Å². The molecule has 3 rings (SSSR count). The maximum absolute atomic E-state index is 12.5. The van der Waals surface area contributed by atoms with Crippen LogP contribution in [0, 0.1) is 0 Å². The highest BCUT2D eigenvalue weighted by molar-refractivity contribution is 5.94. The van der Waals surface area contributed by atoms with Gasteiger partial charge < -0.3 is 4.90 Å². The SMILES string of the molecule is C=C1CC2CCC(C1)N2C(=O)c1ccc(C(F)(F)F)nc1. The smallest absolute Gasteiger partial charge is 0.332 e. The van der Waals surface area contributed by atoms with E-state index in [0.29, 0.717) is 0 Å². The first-order valence-electron chi connectivity index (χ1n) is 6.89. The van der Waals surface area contributed by atoms with Gasteiger partial charge in [0.1, 0.15) is 5.69 Å². The second-order valence-electron chi connectivity index (χ2n) is 5.69. The molecule has 21 heavy (non-hydrogen) atoms. The van der Waals surface area contributed by atoms with Crippen molar-refractivity contribution in [3.8, 4) is 0 Å². The number of hydrogen-bond acceptors (Lipinski definition) is 2. The van der Waals surface area contributed by atoms with Gasteiger partial charge in [-0.3, -0.25) is 9.78 Å². The second kappa shape index (κ2) is 4.86. The fourth-order valence-electron chi connectivity index (χ4n) is 3.28. The number of carbonyl (C=O) groups is 1. The summed E-state index contributed by atoms with van der Waals surface area (Å²) in [5.74, 6) is -0.226. The number of nitrogens with zero attached hydrogens (tertiary/aromatic N) is 2. The van der Waals surface area contributed by atoms with E-state index in [1.165, 1.54) is 6.07 Å². The zero-order valence-electron chi connectivity index (χ0n) is 11.4. The number of hydrogen-bond donors (Lipinski definition) is 0. The van der Waals surface area contributed by atoms with Gasteiger partial charge in [0.25, 0.3) is 5.91 Å². The number of alkyl halides is 3. The molecule has 0 spiro atoms. The van der Waals surface area contributed by atoms with E-state index in [-0.39, 0.29) is 23.6 Å². The largest absolute Gasteiger partial charge is 0.433 e. The van der Waals surface area contributed by atoms with Crippen molar-refractivity contribution < 1.29 is 18.0 Å². The summed E-state index contributed by atoms with van der Waals surface area (Å²) in [5.41, 5.74) is 0.388. The van der Waals surface area contributed by atoms with E-state index in [0.717, 1.165) is 43.5 Å². The summed E-state index contributed by atoms with van der Waals surface area (Å²) in [6, 6.07) is 2.33. The maximum Gasteiger partial charge on any atom is 0.433 e. The predicted octanol–water partition coefficient (Wildman–Crippen LogP) is 3.42. The number of rotatable bonds is 1. The quantitative estimate of drug-likeness (QED) is 0.744. The van der Waals surface area contributed by atoms with Gasteiger partial charge in [0.15, 0.2) is 0 Å². The van der Waals surface area contributed by atoms with Crippen LogP contribution >= 0.6 is 0 Å². The minimum atomic E-state index is -4.48. The van der Waals surface area contributed by atoms with Crippen molar-refractivity contribution in [2.24, 2.45) is 0 Å². The fourth-order valence-corrected chi connectivity index (χ4v) is 3.28. The molecule has 3 nitrogen and oxygen atoms in total. The van der Waals surface area contributed by atoms with Crippen LogP contribution in [0.5, 0.6) is 0 Å². The minimum Gasteiger partial charge on any atom is -0.332 e. The van der Waals surface area contributed by atoms with Gasteiger partial charge >= 0.3 is 6.18 Å². The van der Waals surface area contributed by atoms with Crippen LogP contribution in [0.1, 0.15) is 41.7 Å². The molecule has 2 saturated heterocycles. The number of aromatic nitrogens is 1. The van der Waals surface area contributed by atoms with Crippen LogP contribution in [0.4, 0.5) is 13.2 Å². The first-order valence-corrected chi connectivity index (χ1v) is 6.89. The number of halogens is 3. The van der Waals surface area contributed by atoms with Crippen LogP contribution < -0.4 is 0 Å². The Balaban J connectivity index is 1.81. The molecule has 2 aliphatic heterocycles. The lowest BCUT2D eigenvalue weighted by molar-refractivity contribution is -0.141. The number of piperidine rings is 1. The lowest BCUT2D eigenvalue weighted by Crippen LogP contribution is -2.44. The molecule has 112 valence electrons. The van der Waals surface area contributed by atoms with E-state index >= 15 is 0 Å². The number of carbonyl (C=O) groups excluding carboxylic acids is 1. The highest BCUT2D eigenvalue weighted by Crippen LogP contribution is 2.38. The Kier molecular flexibility index (Phi) is 3.26.